The highest BCUT2D eigenvalue weighted by atomic mass is 16.5. The van der Waals surface area contributed by atoms with Gasteiger partial charge in [-0.15, -0.1) is 0 Å². The van der Waals surface area contributed by atoms with E-state index < -0.39 is 5.97 Å². The zero-order valence-electron chi connectivity index (χ0n) is 8.10. The molecule has 1 N–H and O–H groups in total. The van der Waals surface area contributed by atoms with Gasteiger partial charge in [0.05, 0.1) is 7.11 Å². The number of rotatable bonds is 1. The molecule has 0 aliphatic rings. The molecule has 0 radical (unpaired) electrons. The lowest BCUT2D eigenvalue weighted by Crippen LogP contribution is -2.04. The largest absolute Gasteiger partial charge is 0.508 e. The first-order chi connectivity index (χ1) is 7.22. The molecule has 1 heterocycles. The standard InChI is InChI=1S/C11H9NO3/c1-15-11(14)10-9-6-8(13)3-2-7(9)4-5-12-10/h2-6,13H,1H3. The van der Waals surface area contributed by atoms with Crippen LogP contribution >= 0.6 is 0 Å². The van der Waals surface area contributed by atoms with Gasteiger partial charge in [-0.3, -0.25) is 0 Å². The summed E-state index contributed by atoms with van der Waals surface area (Å²) in [6.45, 7) is 0. The predicted octanol–water partition coefficient (Wildman–Crippen LogP) is 1.73. The summed E-state index contributed by atoms with van der Waals surface area (Å²) in [5, 5.41) is 10.8. The zero-order chi connectivity index (χ0) is 10.8. The second-order valence-corrected chi connectivity index (χ2v) is 3.06. The van der Waals surface area contributed by atoms with Crippen molar-refractivity contribution in [2.45, 2.75) is 0 Å². The number of pyridine rings is 1. The Morgan fingerprint density at radius 1 is 1.40 bits per heavy atom. The number of hydrogen-bond donors (Lipinski definition) is 1. The fourth-order valence-corrected chi connectivity index (χ4v) is 1.42. The van der Waals surface area contributed by atoms with Crippen molar-refractivity contribution in [3.8, 4) is 5.75 Å². The Morgan fingerprint density at radius 2 is 2.20 bits per heavy atom. The van der Waals surface area contributed by atoms with Gasteiger partial charge in [-0.1, -0.05) is 6.07 Å². The van der Waals surface area contributed by atoms with E-state index in [0.717, 1.165) is 5.39 Å². The van der Waals surface area contributed by atoms with Crippen molar-refractivity contribution in [2.24, 2.45) is 0 Å². The van der Waals surface area contributed by atoms with Crippen LogP contribution in [0.3, 0.4) is 0 Å². The van der Waals surface area contributed by atoms with Crippen molar-refractivity contribution >= 4 is 16.7 Å². The van der Waals surface area contributed by atoms with E-state index in [0.29, 0.717) is 5.39 Å². The van der Waals surface area contributed by atoms with Gasteiger partial charge < -0.3 is 9.84 Å². The van der Waals surface area contributed by atoms with E-state index in [-0.39, 0.29) is 11.4 Å². The number of benzene rings is 1. The van der Waals surface area contributed by atoms with Crippen molar-refractivity contribution < 1.29 is 14.6 Å². The van der Waals surface area contributed by atoms with Crippen LogP contribution in [0.5, 0.6) is 5.75 Å². The lowest BCUT2D eigenvalue weighted by Gasteiger charge is -2.03. The quantitative estimate of drug-likeness (QED) is 0.717. The summed E-state index contributed by atoms with van der Waals surface area (Å²) in [5.41, 5.74) is 0.214. The molecule has 1 aromatic heterocycles. The molecule has 0 saturated heterocycles. The first kappa shape index (κ1) is 9.45. The highest BCUT2D eigenvalue weighted by Crippen LogP contribution is 2.22. The van der Waals surface area contributed by atoms with Gasteiger partial charge in [0.1, 0.15) is 5.75 Å². The van der Waals surface area contributed by atoms with Crippen LogP contribution in [0.1, 0.15) is 10.5 Å². The number of aromatic nitrogens is 1. The number of phenols is 1. The molecule has 4 heteroatoms. The highest BCUT2D eigenvalue weighted by molar-refractivity contribution is 6.02. The number of aromatic hydroxyl groups is 1. The second kappa shape index (κ2) is 3.57. The second-order valence-electron chi connectivity index (χ2n) is 3.06. The fourth-order valence-electron chi connectivity index (χ4n) is 1.42. The predicted molar refractivity (Wildman–Crippen MR) is 54.7 cm³/mol. The summed E-state index contributed by atoms with van der Waals surface area (Å²) in [5.74, 6) is -0.410. The van der Waals surface area contributed by atoms with Crippen molar-refractivity contribution in [1.29, 1.82) is 0 Å². The first-order valence-electron chi connectivity index (χ1n) is 4.38. The molecule has 0 unspecified atom stereocenters. The van der Waals surface area contributed by atoms with Gasteiger partial charge in [0.25, 0.3) is 0 Å². The van der Waals surface area contributed by atoms with Crippen molar-refractivity contribution in [1.82, 2.24) is 4.98 Å². The Labute approximate surface area is 86.1 Å². The lowest BCUT2D eigenvalue weighted by atomic mass is 10.1. The summed E-state index contributed by atoms with van der Waals surface area (Å²) in [4.78, 5) is 15.3. The van der Waals surface area contributed by atoms with Crippen LogP contribution in [0.15, 0.2) is 30.5 Å². The van der Waals surface area contributed by atoms with Gasteiger partial charge in [0, 0.05) is 11.6 Å². The number of nitrogens with zero attached hydrogens (tertiary/aromatic N) is 1. The number of carbonyl (C=O) groups excluding carboxylic acids is 1. The van der Waals surface area contributed by atoms with Crippen molar-refractivity contribution in [2.75, 3.05) is 7.11 Å². The van der Waals surface area contributed by atoms with Crippen LogP contribution in [0.4, 0.5) is 0 Å². The van der Waals surface area contributed by atoms with E-state index in [4.69, 9.17) is 0 Å². The van der Waals surface area contributed by atoms with Gasteiger partial charge in [0.15, 0.2) is 5.69 Å². The van der Waals surface area contributed by atoms with Gasteiger partial charge in [-0.25, -0.2) is 9.78 Å². The average molecular weight is 203 g/mol. The van der Waals surface area contributed by atoms with Crippen LogP contribution < -0.4 is 0 Å². The van der Waals surface area contributed by atoms with E-state index in [1.165, 1.54) is 19.4 Å². The number of hydrogen-bond acceptors (Lipinski definition) is 4. The third kappa shape index (κ3) is 1.61. The Bertz CT molecular complexity index is 522. The fraction of sp³-hybridized carbons (Fsp3) is 0.0909. The van der Waals surface area contributed by atoms with Gasteiger partial charge >= 0.3 is 5.97 Å². The maximum atomic E-state index is 11.4. The number of ether oxygens (including phenoxy) is 1. The number of fused-ring (bicyclic) bond motifs is 1. The Hall–Kier alpha value is -2.10. The highest BCUT2D eigenvalue weighted by Gasteiger charge is 2.11. The van der Waals surface area contributed by atoms with Crippen LogP contribution in [0.25, 0.3) is 10.8 Å². The monoisotopic (exact) mass is 203 g/mol. The normalized spacial score (nSPS) is 10.2. The van der Waals surface area contributed by atoms with Gasteiger partial charge in [0.2, 0.25) is 0 Å². The molecular weight excluding hydrogens is 194 g/mol. The van der Waals surface area contributed by atoms with Crippen molar-refractivity contribution in [3.63, 3.8) is 0 Å². The van der Waals surface area contributed by atoms with Crippen LogP contribution in [-0.2, 0) is 4.74 Å². The molecule has 0 aliphatic heterocycles. The minimum Gasteiger partial charge on any atom is -0.508 e. The molecule has 15 heavy (non-hydrogen) atoms. The number of phenolic OH excluding ortho intramolecular Hbond substituents is 1. The molecule has 0 bridgehead atoms. The van der Waals surface area contributed by atoms with Crippen LogP contribution in [0, 0.1) is 0 Å². The Morgan fingerprint density at radius 3 is 2.93 bits per heavy atom. The lowest BCUT2D eigenvalue weighted by molar-refractivity contribution is 0.0596. The van der Waals surface area contributed by atoms with Crippen LogP contribution in [0.2, 0.25) is 0 Å². The molecule has 0 aliphatic carbocycles. The maximum Gasteiger partial charge on any atom is 0.357 e. The van der Waals surface area contributed by atoms with Gasteiger partial charge in [-0.05, 0) is 23.6 Å². The molecule has 76 valence electrons. The number of esters is 1. The minimum atomic E-state index is -0.508. The number of carbonyl (C=O) groups is 1. The SMILES string of the molecule is COC(=O)c1nccc2ccc(O)cc12. The van der Waals surface area contributed by atoms with E-state index >= 15 is 0 Å². The summed E-state index contributed by atoms with van der Waals surface area (Å²) in [7, 11) is 1.30. The molecule has 0 fully saturated rings. The summed E-state index contributed by atoms with van der Waals surface area (Å²) in [6.07, 6.45) is 1.53. The Kier molecular flexibility index (Phi) is 2.25. The zero-order valence-corrected chi connectivity index (χ0v) is 8.10. The van der Waals surface area contributed by atoms with E-state index in [1.54, 1.807) is 18.2 Å². The molecule has 0 atom stereocenters. The number of methoxy groups -OCH3 is 1. The average Bonchev–Trinajstić information content (AvgIpc) is 2.27. The van der Waals surface area contributed by atoms with Gasteiger partial charge in [-0.2, -0.15) is 0 Å². The smallest absolute Gasteiger partial charge is 0.357 e. The molecule has 4 nitrogen and oxygen atoms in total. The molecule has 0 saturated carbocycles. The summed E-state index contributed by atoms with van der Waals surface area (Å²) < 4.78 is 4.60. The molecule has 2 rings (SSSR count). The Balaban J connectivity index is 2.74. The van der Waals surface area contributed by atoms with E-state index in [1.807, 2.05) is 0 Å². The molecule has 0 amide bonds. The minimum absolute atomic E-state index is 0.0978. The molecule has 2 aromatic rings. The van der Waals surface area contributed by atoms with Crippen LogP contribution in [-0.4, -0.2) is 23.2 Å². The summed E-state index contributed by atoms with van der Waals surface area (Å²) >= 11 is 0. The molecule has 1 aromatic carbocycles. The third-order valence-electron chi connectivity index (χ3n) is 2.13. The molecular formula is C11H9NO3. The van der Waals surface area contributed by atoms with E-state index in [2.05, 4.69) is 9.72 Å². The van der Waals surface area contributed by atoms with E-state index in [9.17, 15) is 9.90 Å². The summed E-state index contributed by atoms with van der Waals surface area (Å²) in [6, 6.07) is 6.54. The van der Waals surface area contributed by atoms with Crippen molar-refractivity contribution in [3.05, 3.63) is 36.2 Å². The molecule has 0 spiro atoms. The maximum absolute atomic E-state index is 11.4. The first-order valence-corrected chi connectivity index (χ1v) is 4.38. The topological polar surface area (TPSA) is 59.4 Å². The third-order valence-corrected chi connectivity index (χ3v) is 2.13.